The van der Waals surface area contributed by atoms with Gasteiger partial charge in [-0.1, -0.05) is 0 Å². The fourth-order valence-corrected chi connectivity index (χ4v) is 2.67. The lowest BCUT2D eigenvalue weighted by Crippen LogP contribution is -2.37. The Balaban J connectivity index is 1.94. The van der Waals surface area contributed by atoms with Crippen LogP contribution in [0.1, 0.15) is 23.3 Å². The summed E-state index contributed by atoms with van der Waals surface area (Å²) in [5, 5.41) is 10.4. The van der Waals surface area contributed by atoms with Crippen molar-refractivity contribution in [3.63, 3.8) is 0 Å². The number of anilines is 1. The van der Waals surface area contributed by atoms with Gasteiger partial charge in [0.25, 0.3) is 5.91 Å². The summed E-state index contributed by atoms with van der Waals surface area (Å²) in [5.41, 5.74) is 5.73. The third-order valence-corrected chi connectivity index (χ3v) is 3.52. The van der Waals surface area contributed by atoms with Gasteiger partial charge in [-0.2, -0.15) is 11.8 Å². The van der Waals surface area contributed by atoms with E-state index in [-0.39, 0.29) is 11.9 Å². The van der Waals surface area contributed by atoms with Crippen molar-refractivity contribution in [3.8, 4) is 0 Å². The third-order valence-electron chi connectivity index (χ3n) is 2.47. The third kappa shape index (κ3) is 2.85. The van der Waals surface area contributed by atoms with E-state index in [1.807, 2.05) is 11.8 Å². The molecule has 2 heterocycles. The number of amides is 1. The van der Waals surface area contributed by atoms with E-state index in [9.17, 15) is 4.79 Å². The molecule has 0 aliphatic carbocycles. The van der Waals surface area contributed by atoms with Crippen LogP contribution in [0.3, 0.4) is 0 Å². The molecule has 0 atom stereocenters. The molecular weight excluding hydrogens is 224 g/mol. The second-order valence-electron chi connectivity index (χ2n) is 3.70. The van der Waals surface area contributed by atoms with Crippen LogP contribution in [0.25, 0.3) is 0 Å². The summed E-state index contributed by atoms with van der Waals surface area (Å²) < 4.78 is 0. The van der Waals surface area contributed by atoms with Gasteiger partial charge in [-0.05, 0) is 36.5 Å². The number of rotatable bonds is 2. The van der Waals surface area contributed by atoms with Crippen LogP contribution in [0, 0.1) is 0 Å². The summed E-state index contributed by atoms with van der Waals surface area (Å²) in [6.07, 6.45) is 2.05. The first-order valence-corrected chi connectivity index (χ1v) is 6.39. The molecule has 0 unspecified atom stereocenters. The molecule has 0 radical (unpaired) electrons. The Morgan fingerprint density at radius 1 is 1.38 bits per heavy atom. The Bertz CT molecular complexity index is 362. The molecule has 0 bridgehead atoms. The largest absolute Gasteiger partial charge is 0.382 e. The summed E-state index contributed by atoms with van der Waals surface area (Å²) >= 11 is 1.93. The molecule has 0 saturated carbocycles. The average molecular weight is 238 g/mol. The van der Waals surface area contributed by atoms with Crippen molar-refractivity contribution >= 4 is 23.5 Å². The molecule has 3 N–H and O–H groups in total. The Kier molecular flexibility index (Phi) is 3.61. The molecule has 5 nitrogen and oxygen atoms in total. The van der Waals surface area contributed by atoms with E-state index in [4.69, 9.17) is 5.73 Å². The number of nitrogens with two attached hydrogens (primary N) is 1. The predicted octanol–water partition coefficient (Wildman–Crippen LogP) is 0.684. The maximum atomic E-state index is 11.8. The Morgan fingerprint density at radius 2 is 2.12 bits per heavy atom. The van der Waals surface area contributed by atoms with Gasteiger partial charge in [-0.15, -0.1) is 10.2 Å². The lowest BCUT2D eigenvalue weighted by Gasteiger charge is -2.22. The van der Waals surface area contributed by atoms with E-state index in [0.29, 0.717) is 11.5 Å². The van der Waals surface area contributed by atoms with Gasteiger partial charge in [0.1, 0.15) is 5.82 Å². The van der Waals surface area contributed by atoms with Gasteiger partial charge >= 0.3 is 0 Å². The predicted molar refractivity (Wildman–Crippen MR) is 64.3 cm³/mol. The Morgan fingerprint density at radius 3 is 2.75 bits per heavy atom. The molecule has 1 aliphatic heterocycles. The van der Waals surface area contributed by atoms with Crippen LogP contribution in [0.2, 0.25) is 0 Å². The highest BCUT2D eigenvalue weighted by Crippen LogP contribution is 2.17. The minimum Gasteiger partial charge on any atom is -0.382 e. The monoisotopic (exact) mass is 238 g/mol. The topological polar surface area (TPSA) is 80.9 Å². The molecule has 1 aromatic rings. The van der Waals surface area contributed by atoms with Crippen molar-refractivity contribution < 1.29 is 4.79 Å². The van der Waals surface area contributed by atoms with Crippen LogP contribution in [0.5, 0.6) is 0 Å². The highest BCUT2D eigenvalue weighted by Gasteiger charge is 2.17. The fourth-order valence-electron chi connectivity index (χ4n) is 1.56. The average Bonchev–Trinajstić information content (AvgIpc) is 2.31. The molecule has 1 fully saturated rings. The second-order valence-corrected chi connectivity index (χ2v) is 4.93. The highest BCUT2D eigenvalue weighted by molar-refractivity contribution is 7.99. The minimum absolute atomic E-state index is 0.163. The standard InChI is InChI=1S/C10H14N4OS/c11-9-2-1-8(13-14-9)10(15)12-7-3-5-16-6-4-7/h1-2,7H,3-6H2,(H2,11,14)(H,12,15). The molecule has 1 amide bonds. The number of nitrogens with zero attached hydrogens (tertiary/aromatic N) is 2. The van der Waals surface area contributed by atoms with Crippen LogP contribution < -0.4 is 11.1 Å². The highest BCUT2D eigenvalue weighted by atomic mass is 32.2. The van der Waals surface area contributed by atoms with Crippen molar-refractivity contribution in [2.75, 3.05) is 17.2 Å². The van der Waals surface area contributed by atoms with Crippen molar-refractivity contribution in [1.82, 2.24) is 15.5 Å². The van der Waals surface area contributed by atoms with Gasteiger partial charge in [-0.25, -0.2) is 0 Å². The number of nitrogen functional groups attached to an aromatic ring is 1. The summed E-state index contributed by atoms with van der Waals surface area (Å²) in [6, 6.07) is 3.45. The number of nitrogens with one attached hydrogen (secondary N) is 1. The SMILES string of the molecule is Nc1ccc(C(=O)NC2CCSCC2)nn1. The molecule has 0 aromatic carbocycles. The zero-order chi connectivity index (χ0) is 11.4. The fraction of sp³-hybridized carbons (Fsp3) is 0.500. The summed E-state index contributed by atoms with van der Waals surface area (Å²) in [5.74, 6) is 2.38. The van der Waals surface area contributed by atoms with Crippen LogP contribution in [-0.4, -0.2) is 33.7 Å². The number of thioether (sulfide) groups is 1. The number of hydrogen-bond donors (Lipinski definition) is 2. The zero-order valence-corrected chi connectivity index (χ0v) is 9.67. The summed E-state index contributed by atoms with van der Waals surface area (Å²) in [6.45, 7) is 0. The first-order valence-electron chi connectivity index (χ1n) is 5.23. The van der Waals surface area contributed by atoms with Gasteiger partial charge < -0.3 is 11.1 Å². The molecule has 6 heteroatoms. The smallest absolute Gasteiger partial charge is 0.272 e. The maximum absolute atomic E-state index is 11.8. The number of carbonyl (C=O) groups excluding carboxylic acids is 1. The van der Waals surface area contributed by atoms with Crippen LogP contribution in [0.15, 0.2) is 12.1 Å². The zero-order valence-electron chi connectivity index (χ0n) is 8.85. The number of aromatic nitrogens is 2. The minimum atomic E-state index is -0.163. The van der Waals surface area contributed by atoms with Crippen LogP contribution >= 0.6 is 11.8 Å². The van der Waals surface area contributed by atoms with Gasteiger partial charge in [0.05, 0.1) is 0 Å². The Labute approximate surface area is 98.2 Å². The van der Waals surface area contributed by atoms with E-state index >= 15 is 0 Å². The molecule has 2 rings (SSSR count). The van der Waals surface area contributed by atoms with E-state index in [1.165, 1.54) is 0 Å². The molecule has 1 aliphatic rings. The van der Waals surface area contributed by atoms with Gasteiger partial charge in [0.2, 0.25) is 0 Å². The molecular formula is C10H14N4OS. The van der Waals surface area contributed by atoms with Crippen molar-refractivity contribution in [3.05, 3.63) is 17.8 Å². The normalized spacial score (nSPS) is 17.0. The number of hydrogen-bond acceptors (Lipinski definition) is 5. The first kappa shape index (κ1) is 11.2. The molecule has 16 heavy (non-hydrogen) atoms. The van der Waals surface area contributed by atoms with Gasteiger partial charge in [0.15, 0.2) is 5.69 Å². The summed E-state index contributed by atoms with van der Waals surface area (Å²) in [4.78, 5) is 11.8. The van der Waals surface area contributed by atoms with E-state index in [0.717, 1.165) is 24.3 Å². The summed E-state index contributed by atoms with van der Waals surface area (Å²) in [7, 11) is 0. The van der Waals surface area contributed by atoms with E-state index in [1.54, 1.807) is 12.1 Å². The molecule has 0 spiro atoms. The van der Waals surface area contributed by atoms with E-state index < -0.39 is 0 Å². The molecule has 1 aromatic heterocycles. The molecule has 1 saturated heterocycles. The van der Waals surface area contributed by atoms with Crippen LogP contribution in [-0.2, 0) is 0 Å². The first-order chi connectivity index (χ1) is 7.75. The van der Waals surface area contributed by atoms with Crippen molar-refractivity contribution in [1.29, 1.82) is 0 Å². The van der Waals surface area contributed by atoms with Crippen molar-refractivity contribution in [2.24, 2.45) is 0 Å². The maximum Gasteiger partial charge on any atom is 0.272 e. The van der Waals surface area contributed by atoms with Gasteiger partial charge in [-0.3, -0.25) is 4.79 Å². The lowest BCUT2D eigenvalue weighted by molar-refractivity contribution is 0.0929. The Hall–Kier alpha value is -1.30. The van der Waals surface area contributed by atoms with Crippen LogP contribution in [0.4, 0.5) is 5.82 Å². The van der Waals surface area contributed by atoms with E-state index in [2.05, 4.69) is 15.5 Å². The van der Waals surface area contributed by atoms with Gasteiger partial charge in [0, 0.05) is 6.04 Å². The molecule has 86 valence electrons. The lowest BCUT2D eigenvalue weighted by atomic mass is 10.1. The van der Waals surface area contributed by atoms with Crippen molar-refractivity contribution in [2.45, 2.75) is 18.9 Å². The number of carbonyl (C=O) groups is 1. The quantitative estimate of drug-likeness (QED) is 0.792. The second kappa shape index (κ2) is 5.16.